The van der Waals surface area contributed by atoms with Gasteiger partial charge in [-0.25, -0.2) is 4.99 Å². The van der Waals surface area contributed by atoms with Crippen molar-refractivity contribution in [1.29, 1.82) is 0 Å². The van der Waals surface area contributed by atoms with E-state index in [0.717, 1.165) is 22.5 Å². The number of hydrogen-bond donors (Lipinski definition) is 1. The molecule has 0 atom stereocenters. The van der Waals surface area contributed by atoms with Crippen LogP contribution in [0, 0.1) is 0 Å². The third-order valence-corrected chi connectivity index (χ3v) is 3.11. The molecule has 0 amide bonds. The van der Waals surface area contributed by atoms with Gasteiger partial charge in [0.15, 0.2) is 0 Å². The summed E-state index contributed by atoms with van der Waals surface area (Å²) >= 11 is 0. The molecule has 3 rings (SSSR count). The predicted octanol–water partition coefficient (Wildman–Crippen LogP) is 2.92. The maximum atomic E-state index is 5.88. The number of para-hydroxylation sites is 1. The number of rotatable bonds is 1. The summed E-state index contributed by atoms with van der Waals surface area (Å²) in [5, 5.41) is 0. The molecule has 3 nitrogen and oxygen atoms in total. The van der Waals surface area contributed by atoms with Gasteiger partial charge in [0, 0.05) is 24.1 Å². The van der Waals surface area contributed by atoms with Gasteiger partial charge in [0.2, 0.25) is 0 Å². The van der Waals surface area contributed by atoms with Crippen molar-refractivity contribution in [2.75, 3.05) is 6.54 Å². The van der Waals surface area contributed by atoms with Crippen LogP contribution in [-0.2, 0) is 0 Å². The second-order valence-corrected chi connectivity index (χ2v) is 4.47. The second kappa shape index (κ2) is 5.06. The van der Waals surface area contributed by atoms with Crippen LogP contribution in [0.3, 0.4) is 0 Å². The van der Waals surface area contributed by atoms with Crippen molar-refractivity contribution in [3.63, 3.8) is 0 Å². The average Bonchev–Trinajstić information content (AvgIpc) is 2.43. The van der Waals surface area contributed by atoms with E-state index in [1.807, 2.05) is 42.5 Å². The van der Waals surface area contributed by atoms with Crippen LogP contribution in [0.2, 0.25) is 0 Å². The number of nitrogens with two attached hydrogens (primary N) is 1. The van der Waals surface area contributed by atoms with E-state index in [2.05, 4.69) is 17.1 Å². The highest BCUT2D eigenvalue weighted by Crippen LogP contribution is 2.24. The van der Waals surface area contributed by atoms with E-state index in [-0.39, 0.29) is 0 Å². The zero-order valence-electron chi connectivity index (χ0n) is 10.6. The zero-order valence-corrected chi connectivity index (χ0v) is 10.6. The Bertz CT molecular complexity index is 642. The smallest absolute Gasteiger partial charge is 0.101 e. The summed E-state index contributed by atoms with van der Waals surface area (Å²) in [7, 11) is 0. The van der Waals surface area contributed by atoms with Gasteiger partial charge in [0.1, 0.15) is 5.84 Å². The first-order chi connectivity index (χ1) is 9.34. The van der Waals surface area contributed by atoms with E-state index >= 15 is 0 Å². The van der Waals surface area contributed by atoms with Gasteiger partial charge >= 0.3 is 0 Å². The van der Waals surface area contributed by atoms with E-state index in [9.17, 15) is 0 Å². The molecule has 0 spiro atoms. The highest BCUT2D eigenvalue weighted by atomic mass is 14.9. The van der Waals surface area contributed by atoms with Crippen LogP contribution in [0.4, 0.5) is 5.69 Å². The molecule has 19 heavy (non-hydrogen) atoms. The SMILES string of the molecule is N/C1=N/c2ccccc2/C(c2ccccc2)=N\CC1. The maximum Gasteiger partial charge on any atom is 0.101 e. The summed E-state index contributed by atoms with van der Waals surface area (Å²) in [4.78, 5) is 9.19. The molecule has 1 heterocycles. The molecule has 2 N–H and O–H groups in total. The van der Waals surface area contributed by atoms with Crippen molar-refractivity contribution in [2.24, 2.45) is 15.7 Å². The fraction of sp³-hybridized carbons (Fsp3) is 0.125. The van der Waals surface area contributed by atoms with E-state index < -0.39 is 0 Å². The number of aliphatic imine (C=N–C) groups is 2. The Labute approximate surface area is 112 Å². The standard InChI is InChI=1S/C16H15N3/c17-15-10-11-18-16(12-6-2-1-3-7-12)13-8-4-5-9-14(13)19-15/h1-9H,10-11H2,(H2,17,19)/b18-16-. The summed E-state index contributed by atoms with van der Waals surface area (Å²) < 4.78 is 0. The quantitative estimate of drug-likeness (QED) is 0.830. The molecule has 0 saturated carbocycles. The number of benzene rings is 2. The van der Waals surface area contributed by atoms with Crippen LogP contribution in [0.15, 0.2) is 64.6 Å². The molecule has 2 aromatic rings. The predicted molar refractivity (Wildman–Crippen MR) is 79.3 cm³/mol. The van der Waals surface area contributed by atoms with Crippen molar-refractivity contribution in [1.82, 2.24) is 0 Å². The van der Waals surface area contributed by atoms with Crippen LogP contribution in [0.1, 0.15) is 17.5 Å². The summed E-state index contributed by atoms with van der Waals surface area (Å²) in [6, 6.07) is 18.2. The lowest BCUT2D eigenvalue weighted by atomic mass is 10.00. The minimum absolute atomic E-state index is 0.642. The normalized spacial score (nSPS) is 20.2. The molecule has 1 aliphatic rings. The number of hydrogen-bond acceptors (Lipinski definition) is 3. The van der Waals surface area contributed by atoms with E-state index in [4.69, 9.17) is 10.7 Å². The minimum atomic E-state index is 0.642. The number of amidine groups is 1. The Balaban J connectivity index is 2.17. The highest BCUT2D eigenvalue weighted by Gasteiger charge is 2.13. The van der Waals surface area contributed by atoms with Crippen LogP contribution < -0.4 is 5.73 Å². The highest BCUT2D eigenvalue weighted by molar-refractivity contribution is 6.16. The van der Waals surface area contributed by atoms with Gasteiger partial charge in [-0.05, 0) is 6.07 Å². The Morgan fingerprint density at radius 1 is 0.895 bits per heavy atom. The lowest BCUT2D eigenvalue weighted by molar-refractivity contribution is 1.02. The van der Waals surface area contributed by atoms with Crippen LogP contribution in [0.5, 0.6) is 0 Å². The van der Waals surface area contributed by atoms with Gasteiger partial charge in [-0.2, -0.15) is 0 Å². The van der Waals surface area contributed by atoms with Crippen molar-refractivity contribution in [2.45, 2.75) is 6.42 Å². The molecule has 0 fully saturated rings. The first-order valence-electron chi connectivity index (χ1n) is 6.37. The molecular weight excluding hydrogens is 234 g/mol. The fourth-order valence-corrected chi connectivity index (χ4v) is 2.19. The summed E-state index contributed by atoms with van der Waals surface area (Å²) in [6.07, 6.45) is 0.699. The van der Waals surface area contributed by atoms with Gasteiger partial charge in [0.05, 0.1) is 11.4 Å². The lowest BCUT2D eigenvalue weighted by Gasteiger charge is -2.13. The van der Waals surface area contributed by atoms with Gasteiger partial charge in [0.25, 0.3) is 0 Å². The molecular formula is C16H15N3. The Kier molecular flexibility index (Phi) is 3.11. The zero-order chi connectivity index (χ0) is 13.1. The number of nitrogens with zero attached hydrogens (tertiary/aromatic N) is 2. The third kappa shape index (κ3) is 2.40. The molecule has 0 radical (unpaired) electrons. The van der Waals surface area contributed by atoms with Crippen molar-refractivity contribution < 1.29 is 0 Å². The lowest BCUT2D eigenvalue weighted by Crippen LogP contribution is -2.16. The van der Waals surface area contributed by atoms with Crippen molar-refractivity contribution >= 4 is 17.2 Å². The molecule has 94 valence electrons. The molecule has 3 heteroatoms. The van der Waals surface area contributed by atoms with Crippen molar-refractivity contribution in [3.05, 3.63) is 65.7 Å². The van der Waals surface area contributed by atoms with Crippen LogP contribution in [0.25, 0.3) is 0 Å². The molecule has 0 aromatic heterocycles. The summed E-state index contributed by atoms with van der Waals surface area (Å²) in [6.45, 7) is 0.674. The van der Waals surface area contributed by atoms with Crippen LogP contribution >= 0.6 is 0 Å². The van der Waals surface area contributed by atoms with E-state index in [0.29, 0.717) is 18.8 Å². The van der Waals surface area contributed by atoms with Crippen molar-refractivity contribution in [3.8, 4) is 0 Å². The van der Waals surface area contributed by atoms with Gasteiger partial charge in [-0.1, -0.05) is 48.5 Å². The monoisotopic (exact) mass is 249 g/mol. The van der Waals surface area contributed by atoms with Crippen LogP contribution in [-0.4, -0.2) is 18.1 Å². The van der Waals surface area contributed by atoms with Gasteiger partial charge in [-0.15, -0.1) is 0 Å². The minimum Gasteiger partial charge on any atom is -0.387 e. The van der Waals surface area contributed by atoms with E-state index in [1.54, 1.807) is 0 Å². The Morgan fingerprint density at radius 2 is 1.63 bits per heavy atom. The Hall–Kier alpha value is -2.42. The topological polar surface area (TPSA) is 50.7 Å². The molecule has 0 aliphatic carbocycles. The fourth-order valence-electron chi connectivity index (χ4n) is 2.19. The second-order valence-electron chi connectivity index (χ2n) is 4.47. The third-order valence-electron chi connectivity index (χ3n) is 3.11. The Morgan fingerprint density at radius 3 is 2.47 bits per heavy atom. The molecule has 2 aromatic carbocycles. The molecule has 0 unspecified atom stereocenters. The average molecular weight is 249 g/mol. The van der Waals surface area contributed by atoms with Gasteiger partial charge in [-0.3, -0.25) is 4.99 Å². The van der Waals surface area contributed by atoms with E-state index in [1.165, 1.54) is 0 Å². The maximum absolute atomic E-state index is 5.88. The number of fused-ring (bicyclic) bond motifs is 1. The summed E-state index contributed by atoms with van der Waals surface area (Å²) in [5.74, 6) is 0.642. The summed E-state index contributed by atoms with van der Waals surface area (Å²) in [5.41, 5.74) is 9.92. The first-order valence-corrected chi connectivity index (χ1v) is 6.37. The first kappa shape index (κ1) is 11.7. The van der Waals surface area contributed by atoms with Gasteiger partial charge < -0.3 is 5.73 Å². The molecule has 1 aliphatic heterocycles. The largest absolute Gasteiger partial charge is 0.387 e. The molecule has 0 saturated heterocycles. The molecule has 0 bridgehead atoms.